The van der Waals surface area contributed by atoms with Crippen LogP contribution in [0.4, 0.5) is 5.69 Å². The summed E-state index contributed by atoms with van der Waals surface area (Å²) >= 11 is 12.5. The first-order chi connectivity index (χ1) is 10.6. The van der Waals surface area contributed by atoms with E-state index in [2.05, 4.69) is 19.4 Å². The second kappa shape index (κ2) is 6.35. The summed E-state index contributed by atoms with van der Waals surface area (Å²) in [6.45, 7) is 0. The molecule has 2 aromatic carbocycles. The summed E-state index contributed by atoms with van der Waals surface area (Å²) in [5, 5.41) is 6.08. The Labute approximate surface area is 140 Å². The van der Waals surface area contributed by atoms with Gasteiger partial charge in [-0.25, -0.2) is 0 Å². The summed E-state index contributed by atoms with van der Waals surface area (Å²) in [6, 6.07) is 12.3. The van der Waals surface area contributed by atoms with Crippen molar-refractivity contribution >= 4 is 63.3 Å². The smallest absolute Gasteiger partial charge is 0.257 e. The van der Waals surface area contributed by atoms with Gasteiger partial charge in [-0.05, 0) is 36.5 Å². The van der Waals surface area contributed by atoms with Crippen LogP contribution >= 0.6 is 35.5 Å². The molecule has 1 aromatic heterocycles. The number of thiocarbonyl (C=S) groups is 1. The van der Waals surface area contributed by atoms with Gasteiger partial charge < -0.3 is 5.32 Å². The van der Waals surface area contributed by atoms with Crippen molar-refractivity contribution in [2.45, 2.75) is 0 Å². The summed E-state index contributed by atoms with van der Waals surface area (Å²) in [5.41, 5.74) is 2.42. The molecular formula is C14H9ClN4OS2. The van der Waals surface area contributed by atoms with Gasteiger partial charge in [0.15, 0.2) is 5.11 Å². The Morgan fingerprint density at radius 3 is 2.68 bits per heavy atom. The molecule has 0 spiro atoms. The van der Waals surface area contributed by atoms with E-state index in [9.17, 15) is 4.79 Å². The largest absolute Gasteiger partial charge is 0.331 e. The van der Waals surface area contributed by atoms with E-state index in [1.807, 2.05) is 6.07 Å². The highest BCUT2D eigenvalue weighted by Gasteiger charge is 2.12. The van der Waals surface area contributed by atoms with Gasteiger partial charge in [-0.1, -0.05) is 29.8 Å². The second-order valence-electron chi connectivity index (χ2n) is 4.33. The highest BCUT2D eigenvalue weighted by Crippen LogP contribution is 2.29. The molecule has 0 aliphatic rings. The molecule has 1 amide bonds. The number of carbonyl (C=O) groups is 1. The number of amides is 1. The maximum Gasteiger partial charge on any atom is 0.257 e. The van der Waals surface area contributed by atoms with Crippen molar-refractivity contribution in [3.63, 3.8) is 0 Å². The van der Waals surface area contributed by atoms with Crippen LogP contribution in [0.25, 0.3) is 11.0 Å². The van der Waals surface area contributed by atoms with E-state index >= 15 is 0 Å². The fraction of sp³-hybridized carbons (Fsp3) is 0. The van der Waals surface area contributed by atoms with Gasteiger partial charge >= 0.3 is 0 Å². The minimum absolute atomic E-state index is 0.165. The van der Waals surface area contributed by atoms with E-state index in [1.165, 1.54) is 0 Å². The average molecular weight is 349 g/mol. The van der Waals surface area contributed by atoms with Crippen LogP contribution in [0.2, 0.25) is 5.02 Å². The summed E-state index contributed by atoms with van der Waals surface area (Å²) in [6.07, 6.45) is 0. The van der Waals surface area contributed by atoms with Crippen LogP contribution in [0.15, 0.2) is 42.5 Å². The summed E-state index contributed by atoms with van der Waals surface area (Å²) in [4.78, 5) is 12.0. The van der Waals surface area contributed by atoms with Crippen LogP contribution in [-0.4, -0.2) is 19.8 Å². The standard InChI is InChI=1S/C14H9ClN4OS2/c15-11-9(6-7-10-12(11)19-22-18-10)16-14(21)17-13(20)8-4-2-1-3-5-8/h1-7H,(H2,16,17,20,21). The van der Waals surface area contributed by atoms with Crippen LogP contribution in [0, 0.1) is 0 Å². The number of fused-ring (bicyclic) bond motifs is 1. The van der Waals surface area contributed by atoms with Gasteiger partial charge in [0.1, 0.15) is 11.0 Å². The molecule has 0 aliphatic carbocycles. The van der Waals surface area contributed by atoms with Gasteiger partial charge in [-0.3, -0.25) is 10.1 Å². The van der Waals surface area contributed by atoms with Gasteiger partial charge in [0, 0.05) is 5.56 Å². The van der Waals surface area contributed by atoms with Gasteiger partial charge in [0.05, 0.1) is 22.4 Å². The van der Waals surface area contributed by atoms with E-state index in [1.54, 1.807) is 36.4 Å². The average Bonchev–Trinajstić information content (AvgIpc) is 3.00. The van der Waals surface area contributed by atoms with Crippen LogP contribution in [-0.2, 0) is 0 Å². The lowest BCUT2D eigenvalue weighted by Crippen LogP contribution is -2.34. The van der Waals surface area contributed by atoms with Gasteiger partial charge in [-0.15, -0.1) is 0 Å². The quantitative estimate of drug-likeness (QED) is 0.694. The Morgan fingerprint density at radius 1 is 1.14 bits per heavy atom. The van der Waals surface area contributed by atoms with Gasteiger partial charge in [0.2, 0.25) is 0 Å². The molecule has 0 aliphatic heterocycles. The van der Waals surface area contributed by atoms with Gasteiger partial charge in [-0.2, -0.15) is 8.75 Å². The third-order valence-electron chi connectivity index (χ3n) is 2.88. The third-order valence-corrected chi connectivity index (χ3v) is 4.01. The molecule has 110 valence electrons. The van der Waals surface area contributed by atoms with Crippen LogP contribution in [0.1, 0.15) is 10.4 Å². The van der Waals surface area contributed by atoms with E-state index in [4.69, 9.17) is 23.8 Å². The zero-order valence-electron chi connectivity index (χ0n) is 11.0. The monoisotopic (exact) mass is 348 g/mol. The molecule has 0 fully saturated rings. The van der Waals surface area contributed by atoms with E-state index in [0.29, 0.717) is 21.8 Å². The molecule has 3 aromatic rings. The molecule has 2 N–H and O–H groups in total. The van der Waals surface area contributed by atoms with Crippen molar-refractivity contribution in [3.8, 4) is 0 Å². The molecule has 1 heterocycles. The van der Waals surface area contributed by atoms with E-state index in [0.717, 1.165) is 17.2 Å². The van der Waals surface area contributed by atoms with Crippen LogP contribution in [0.3, 0.4) is 0 Å². The predicted octanol–water partition coefficient (Wildman–Crippen LogP) is 3.47. The Bertz CT molecular complexity index is 850. The zero-order valence-corrected chi connectivity index (χ0v) is 13.4. The SMILES string of the molecule is O=C(NC(=S)Nc1ccc2nsnc2c1Cl)c1ccccc1. The Balaban J connectivity index is 1.73. The molecule has 5 nitrogen and oxygen atoms in total. The lowest BCUT2D eigenvalue weighted by atomic mass is 10.2. The Hall–Kier alpha value is -2.09. The second-order valence-corrected chi connectivity index (χ2v) is 5.65. The molecule has 0 unspecified atom stereocenters. The fourth-order valence-corrected chi connectivity index (χ4v) is 2.88. The number of aromatic nitrogens is 2. The van der Waals surface area contributed by atoms with Crippen molar-refractivity contribution < 1.29 is 4.79 Å². The zero-order chi connectivity index (χ0) is 15.5. The van der Waals surface area contributed by atoms with Crippen molar-refractivity contribution in [2.24, 2.45) is 0 Å². The third kappa shape index (κ3) is 3.06. The maximum atomic E-state index is 12.0. The molecular weight excluding hydrogens is 340 g/mol. The Kier molecular flexibility index (Phi) is 4.28. The molecule has 3 rings (SSSR count). The molecule has 0 saturated heterocycles. The van der Waals surface area contributed by atoms with Crippen molar-refractivity contribution in [1.29, 1.82) is 0 Å². The number of hydrogen-bond acceptors (Lipinski definition) is 5. The first kappa shape index (κ1) is 14.8. The number of benzene rings is 2. The Morgan fingerprint density at radius 2 is 1.91 bits per heavy atom. The normalized spacial score (nSPS) is 10.4. The summed E-state index contributed by atoms with van der Waals surface area (Å²) < 4.78 is 8.23. The molecule has 0 radical (unpaired) electrons. The number of halogens is 1. The number of nitrogens with zero attached hydrogens (tertiary/aromatic N) is 2. The number of nitrogens with one attached hydrogen (secondary N) is 2. The van der Waals surface area contributed by atoms with Crippen molar-refractivity contribution in [2.75, 3.05) is 5.32 Å². The number of hydrogen-bond donors (Lipinski definition) is 2. The minimum atomic E-state index is -0.286. The molecule has 22 heavy (non-hydrogen) atoms. The van der Waals surface area contributed by atoms with Crippen LogP contribution < -0.4 is 10.6 Å². The number of carbonyl (C=O) groups excluding carboxylic acids is 1. The maximum absolute atomic E-state index is 12.0. The van der Waals surface area contributed by atoms with E-state index < -0.39 is 0 Å². The molecule has 0 atom stereocenters. The minimum Gasteiger partial charge on any atom is -0.331 e. The first-order valence-corrected chi connectivity index (χ1v) is 7.75. The highest BCUT2D eigenvalue weighted by atomic mass is 35.5. The first-order valence-electron chi connectivity index (χ1n) is 6.23. The van der Waals surface area contributed by atoms with Gasteiger partial charge in [0.25, 0.3) is 5.91 Å². The highest BCUT2D eigenvalue weighted by molar-refractivity contribution is 7.80. The topological polar surface area (TPSA) is 66.9 Å². The molecule has 0 saturated carbocycles. The summed E-state index contributed by atoms with van der Waals surface area (Å²) in [5.74, 6) is -0.286. The lowest BCUT2D eigenvalue weighted by Gasteiger charge is -2.10. The summed E-state index contributed by atoms with van der Waals surface area (Å²) in [7, 11) is 0. The molecule has 0 bridgehead atoms. The van der Waals surface area contributed by atoms with Crippen LogP contribution in [0.5, 0.6) is 0 Å². The molecule has 8 heteroatoms. The van der Waals surface area contributed by atoms with Crippen molar-refractivity contribution in [3.05, 3.63) is 53.1 Å². The predicted molar refractivity (Wildman–Crippen MR) is 92.6 cm³/mol. The lowest BCUT2D eigenvalue weighted by molar-refractivity contribution is 0.0978. The van der Waals surface area contributed by atoms with Crippen molar-refractivity contribution in [1.82, 2.24) is 14.1 Å². The number of rotatable bonds is 2. The fourth-order valence-electron chi connectivity index (χ4n) is 1.84. The van der Waals surface area contributed by atoms with E-state index in [-0.39, 0.29) is 11.0 Å². The number of anilines is 1.